The van der Waals surface area contributed by atoms with Crippen LogP contribution in [0.2, 0.25) is 32.7 Å². The molecule has 1 aliphatic rings. The minimum absolute atomic E-state index is 0.136. The zero-order valence-corrected chi connectivity index (χ0v) is 23.1. The lowest BCUT2D eigenvalue weighted by Crippen LogP contribution is -2.59. The molecule has 164 valence electrons. The zero-order chi connectivity index (χ0) is 21.9. The summed E-state index contributed by atoms with van der Waals surface area (Å²) in [7, 11) is -2.64. The number of carbonyl (C=O) groups excluding carboxylic acids is 1. The summed E-state index contributed by atoms with van der Waals surface area (Å²) in [6.45, 7) is 26.3. The third-order valence-electron chi connectivity index (χ3n) is 6.44. The van der Waals surface area contributed by atoms with E-state index in [1.54, 1.807) is 0 Å². The monoisotopic (exact) mass is 443 g/mol. The normalized spacial score (nSPS) is 20.6. The molecule has 1 fully saturated rings. The summed E-state index contributed by atoms with van der Waals surface area (Å²) in [5, 5.41) is 0. The summed E-state index contributed by atoms with van der Waals surface area (Å²) in [4.78, 5) is 15.2. The van der Waals surface area contributed by atoms with Crippen LogP contribution in [0.25, 0.3) is 0 Å². The predicted molar refractivity (Wildman–Crippen MR) is 132 cm³/mol. The molecule has 1 heterocycles. The minimum Gasteiger partial charge on any atom is -0.444 e. The van der Waals surface area contributed by atoms with Gasteiger partial charge in [0.2, 0.25) is 0 Å². The van der Waals surface area contributed by atoms with E-state index in [-0.39, 0.29) is 6.09 Å². The standard InChI is InChI=1S/C22H45NO2SSi2/c1-17(2)18(3)15-20(28(10,11)27(7,8)9)26-16-19-13-12-14-23(19)21(24)25-22(4,5)6/h15,17,19-20H,12-14,16H2,1-11H3/b18-15+. The molecule has 0 aromatic carbocycles. The molecule has 0 spiro atoms. The van der Waals surface area contributed by atoms with E-state index in [1.165, 1.54) is 5.57 Å². The Morgan fingerprint density at radius 2 is 1.79 bits per heavy atom. The molecule has 1 aliphatic heterocycles. The van der Waals surface area contributed by atoms with Gasteiger partial charge in [-0.1, -0.05) is 58.2 Å². The molecule has 0 radical (unpaired) electrons. The molecule has 0 aromatic rings. The van der Waals surface area contributed by atoms with E-state index in [2.05, 4.69) is 71.3 Å². The first kappa shape index (κ1) is 25.8. The molecule has 2 unspecified atom stereocenters. The minimum atomic E-state index is -1.41. The second-order valence-electron chi connectivity index (χ2n) is 11.3. The van der Waals surface area contributed by atoms with Crippen molar-refractivity contribution in [3.05, 3.63) is 11.6 Å². The van der Waals surface area contributed by atoms with E-state index in [9.17, 15) is 4.79 Å². The number of amides is 1. The first-order chi connectivity index (χ1) is 12.6. The maximum absolute atomic E-state index is 12.6. The number of hydrogen-bond acceptors (Lipinski definition) is 3. The van der Waals surface area contributed by atoms with Crippen molar-refractivity contribution < 1.29 is 9.53 Å². The highest BCUT2D eigenvalue weighted by Gasteiger charge is 2.43. The van der Waals surface area contributed by atoms with Crippen LogP contribution in [0.15, 0.2) is 11.6 Å². The van der Waals surface area contributed by atoms with Gasteiger partial charge in [-0.2, -0.15) is 11.8 Å². The van der Waals surface area contributed by atoms with Crippen LogP contribution in [-0.2, 0) is 4.74 Å². The van der Waals surface area contributed by atoms with Gasteiger partial charge in [0.05, 0.1) is 7.59 Å². The highest BCUT2D eigenvalue weighted by atomic mass is 32.2. The number of nitrogens with zero attached hydrogens (tertiary/aromatic N) is 1. The van der Waals surface area contributed by atoms with Crippen molar-refractivity contribution in [2.75, 3.05) is 12.3 Å². The Balaban J connectivity index is 2.95. The Hall–Kier alpha value is -0.206. The van der Waals surface area contributed by atoms with Crippen molar-refractivity contribution in [2.45, 2.75) is 104 Å². The lowest BCUT2D eigenvalue weighted by atomic mass is 10.1. The molecule has 0 N–H and O–H groups in total. The summed E-state index contributed by atoms with van der Waals surface area (Å²) in [6, 6.07) is 0.307. The van der Waals surface area contributed by atoms with Crippen LogP contribution >= 0.6 is 11.8 Å². The first-order valence-electron chi connectivity index (χ1n) is 10.9. The topological polar surface area (TPSA) is 29.5 Å². The summed E-state index contributed by atoms with van der Waals surface area (Å²) in [5.41, 5.74) is 1.08. The van der Waals surface area contributed by atoms with E-state index in [0.29, 0.717) is 16.8 Å². The molecule has 2 atom stereocenters. The van der Waals surface area contributed by atoms with Gasteiger partial charge in [-0.25, -0.2) is 4.79 Å². The molecule has 1 amide bonds. The van der Waals surface area contributed by atoms with Crippen LogP contribution in [0.5, 0.6) is 0 Å². The molecule has 0 aliphatic carbocycles. The predicted octanol–water partition coefficient (Wildman–Crippen LogP) is 6.75. The van der Waals surface area contributed by atoms with Gasteiger partial charge in [0.25, 0.3) is 0 Å². The van der Waals surface area contributed by atoms with Crippen molar-refractivity contribution >= 4 is 33.0 Å². The first-order valence-corrected chi connectivity index (χ1v) is 19.5. The third kappa shape index (κ3) is 7.24. The van der Waals surface area contributed by atoms with Crippen molar-refractivity contribution in [1.82, 2.24) is 4.90 Å². The molecule has 0 bridgehead atoms. The maximum Gasteiger partial charge on any atom is 0.410 e. The van der Waals surface area contributed by atoms with Crippen molar-refractivity contribution in [3.8, 4) is 0 Å². The molecular weight excluding hydrogens is 398 g/mol. The van der Waals surface area contributed by atoms with E-state index >= 15 is 0 Å². The molecule has 1 rings (SSSR count). The van der Waals surface area contributed by atoms with Gasteiger partial charge in [0, 0.05) is 30.8 Å². The molecule has 0 aromatic heterocycles. The second kappa shape index (κ2) is 9.73. The van der Waals surface area contributed by atoms with Gasteiger partial charge in [0.15, 0.2) is 0 Å². The van der Waals surface area contributed by atoms with Gasteiger partial charge in [-0.15, -0.1) is 0 Å². The summed E-state index contributed by atoms with van der Waals surface area (Å²) >= 11 is 2.11. The molecule has 0 saturated carbocycles. The van der Waals surface area contributed by atoms with E-state index in [0.717, 1.165) is 25.1 Å². The van der Waals surface area contributed by atoms with Gasteiger partial charge in [-0.05, 0) is 46.5 Å². The van der Waals surface area contributed by atoms with Gasteiger partial charge >= 0.3 is 6.09 Å². The van der Waals surface area contributed by atoms with Gasteiger partial charge in [0.1, 0.15) is 5.60 Å². The number of carbonyl (C=O) groups is 1. The Bertz CT molecular complexity index is 562. The second-order valence-corrected chi connectivity index (χ2v) is 29.8. The van der Waals surface area contributed by atoms with E-state index < -0.39 is 20.8 Å². The summed E-state index contributed by atoms with van der Waals surface area (Å²) in [5.74, 6) is 1.62. The van der Waals surface area contributed by atoms with Crippen molar-refractivity contribution in [2.24, 2.45) is 5.92 Å². The Morgan fingerprint density at radius 3 is 2.25 bits per heavy atom. The Morgan fingerprint density at radius 1 is 1.21 bits per heavy atom. The molecule has 28 heavy (non-hydrogen) atoms. The molecule has 3 nitrogen and oxygen atoms in total. The number of hydrogen-bond donors (Lipinski definition) is 0. The smallest absolute Gasteiger partial charge is 0.410 e. The fourth-order valence-corrected chi connectivity index (χ4v) is 14.4. The fraction of sp³-hybridized carbons (Fsp3) is 0.864. The lowest BCUT2D eigenvalue weighted by molar-refractivity contribution is 0.0242. The average molecular weight is 444 g/mol. The number of thioether (sulfide) groups is 1. The largest absolute Gasteiger partial charge is 0.444 e. The number of ether oxygens (including phenoxy) is 1. The van der Waals surface area contributed by atoms with Crippen LogP contribution in [0.4, 0.5) is 4.79 Å². The SMILES string of the molecule is C/C(=C\C(SCC1CCCN1C(=O)OC(C)(C)C)[Si](C)(C)[Si](C)(C)C)C(C)C. The average Bonchev–Trinajstić information content (AvgIpc) is 2.96. The third-order valence-corrected chi connectivity index (χ3v) is 28.4. The molecule has 6 heteroatoms. The molecular formula is C22H45NO2SSi2. The Kier molecular flexibility index (Phi) is 8.98. The summed E-state index contributed by atoms with van der Waals surface area (Å²) < 4.78 is 5.66. The number of allylic oxidation sites excluding steroid dienone is 1. The quantitative estimate of drug-likeness (QED) is 0.322. The summed E-state index contributed by atoms with van der Waals surface area (Å²) in [6.07, 6.45) is 4.63. The molecule has 1 saturated heterocycles. The Labute approximate surface area is 180 Å². The van der Waals surface area contributed by atoms with Crippen LogP contribution in [0.3, 0.4) is 0 Å². The highest BCUT2D eigenvalue weighted by molar-refractivity contribution is 8.02. The maximum atomic E-state index is 12.6. The number of likely N-dealkylation sites (tertiary alicyclic amines) is 1. The lowest BCUT2D eigenvalue weighted by Gasteiger charge is -2.41. The highest BCUT2D eigenvalue weighted by Crippen LogP contribution is 2.35. The van der Waals surface area contributed by atoms with Crippen LogP contribution in [-0.4, -0.2) is 55.0 Å². The van der Waals surface area contributed by atoms with Gasteiger partial charge < -0.3 is 9.64 Å². The van der Waals surface area contributed by atoms with E-state index in [4.69, 9.17) is 4.74 Å². The van der Waals surface area contributed by atoms with E-state index in [1.807, 2.05) is 25.7 Å². The fourth-order valence-electron chi connectivity index (χ4n) is 3.11. The van der Waals surface area contributed by atoms with Crippen molar-refractivity contribution in [1.29, 1.82) is 0 Å². The van der Waals surface area contributed by atoms with Crippen LogP contribution < -0.4 is 0 Å². The number of rotatable bonds is 7. The van der Waals surface area contributed by atoms with Crippen LogP contribution in [0.1, 0.15) is 54.4 Å². The zero-order valence-electron chi connectivity index (χ0n) is 20.3. The van der Waals surface area contributed by atoms with Crippen LogP contribution in [0, 0.1) is 5.92 Å². The van der Waals surface area contributed by atoms with Gasteiger partial charge in [-0.3, -0.25) is 0 Å². The van der Waals surface area contributed by atoms with Crippen molar-refractivity contribution in [3.63, 3.8) is 0 Å².